The molecule has 2 heterocycles. The molecule has 1 aromatic rings. The number of aliphatic carboxylic acids is 2. The van der Waals surface area contributed by atoms with E-state index in [-0.39, 0.29) is 17.8 Å². The molecule has 0 amide bonds. The number of H-pyrrole nitrogens is 1. The molecule has 0 unspecified atom stereocenters. The molecule has 35 heavy (non-hydrogen) atoms. The SMILES string of the molecule is CCCCCCCCCCCCCCCCN1CN(CCc2cnc[nH]2)CC(C(=O)O)=C1C(=O)O. The van der Waals surface area contributed by atoms with Crippen molar-refractivity contribution in [3.05, 3.63) is 29.5 Å². The lowest BCUT2D eigenvalue weighted by atomic mass is 10.0. The number of unbranched alkanes of at least 4 members (excludes halogenated alkanes) is 13. The summed E-state index contributed by atoms with van der Waals surface area (Å²) in [6, 6.07) is 0. The van der Waals surface area contributed by atoms with Crippen molar-refractivity contribution in [1.29, 1.82) is 0 Å². The van der Waals surface area contributed by atoms with Crippen LogP contribution in [0.5, 0.6) is 0 Å². The van der Waals surface area contributed by atoms with Crippen LogP contribution in [0, 0.1) is 0 Å². The fourth-order valence-electron chi connectivity index (χ4n) is 4.81. The van der Waals surface area contributed by atoms with Crippen LogP contribution in [0.15, 0.2) is 23.8 Å². The molecule has 0 spiro atoms. The molecule has 3 N–H and O–H groups in total. The molecule has 0 radical (unpaired) electrons. The highest BCUT2D eigenvalue weighted by Gasteiger charge is 2.32. The number of nitrogens with one attached hydrogen (secondary N) is 1. The summed E-state index contributed by atoms with van der Waals surface area (Å²) in [6.45, 7) is 4.04. The van der Waals surface area contributed by atoms with E-state index in [1.165, 1.54) is 70.6 Å². The Kier molecular flexibility index (Phi) is 14.1. The lowest BCUT2D eigenvalue weighted by Gasteiger charge is -2.37. The molecular weight excluding hydrogens is 444 g/mol. The lowest BCUT2D eigenvalue weighted by molar-refractivity contribution is -0.138. The van der Waals surface area contributed by atoms with E-state index in [2.05, 4.69) is 16.9 Å². The Morgan fingerprint density at radius 3 is 1.91 bits per heavy atom. The van der Waals surface area contributed by atoms with E-state index in [0.717, 1.165) is 25.0 Å². The zero-order valence-corrected chi connectivity index (χ0v) is 21.6. The Morgan fingerprint density at radius 2 is 1.43 bits per heavy atom. The van der Waals surface area contributed by atoms with E-state index in [9.17, 15) is 19.8 Å². The maximum atomic E-state index is 11.9. The van der Waals surface area contributed by atoms with E-state index in [4.69, 9.17) is 0 Å². The van der Waals surface area contributed by atoms with Gasteiger partial charge in [0.15, 0.2) is 0 Å². The van der Waals surface area contributed by atoms with Gasteiger partial charge in [0.25, 0.3) is 0 Å². The summed E-state index contributed by atoms with van der Waals surface area (Å²) in [5.74, 6) is -2.31. The van der Waals surface area contributed by atoms with Crippen molar-refractivity contribution >= 4 is 11.9 Å². The summed E-state index contributed by atoms with van der Waals surface area (Å²) in [5.41, 5.74) is 0.900. The van der Waals surface area contributed by atoms with E-state index < -0.39 is 11.9 Å². The van der Waals surface area contributed by atoms with Crippen LogP contribution in [0.3, 0.4) is 0 Å². The van der Waals surface area contributed by atoms with Gasteiger partial charge in [-0.05, 0) is 6.42 Å². The number of carbonyl (C=O) groups is 2. The van der Waals surface area contributed by atoms with Crippen LogP contribution in [0.2, 0.25) is 0 Å². The van der Waals surface area contributed by atoms with Gasteiger partial charge in [-0.3, -0.25) is 4.90 Å². The highest BCUT2D eigenvalue weighted by Crippen LogP contribution is 2.21. The van der Waals surface area contributed by atoms with Crippen LogP contribution in [0.4, 0.5) is 0 Å². The summed E-state index contributed by atoms with van der Waals surface area (Å²) < 4.78 is 0. The Morgan fingerprint density at radius 1 is 0.857 bits per heavy atom. The number of aromatic amines is 1. The maximum absolute atomic E-state index is 11.9. The average Bonchev–Trinajstić information content (AvgIpc) is 3.36. The Hall–Kier alpha value is -2.35. The van der Waals surface area contributed by atoms with Crippen molar-refractivity contribution in [3.63, 3.8) is 0 Å². The second kappa shape index (κ2) is 17.1. The predicted octanol–water partition coefficient (Wildman–Crippen LogP) is 5.43. The zero-order chi connectivity index (χ0) is 25.3. The van der Waals surface area contributed by atoms with Crippen molar-refractivity contribution in [2.45, 2.75) is 103 Å². The first-order valence-electron chi connectivity index (χ1n) is 13.7. The minimum absolute atomic E-state index is 0.0290. The van der Waals surface area contributed by atoms with Gasteiger partial charge in [-0.25, -0.2) is 14.6 Å². The van der Waals surface area contributed by atoms with Gasteiger partial charge >= 0.3 is 11.9 Å². The Labute approximate surface area is 210 Å². The molecule has 1 aliphatic rings. The molecule has 198 valence electrons. The van der Waals surface area contributed by atoms with Crippen molar-refractivity contribution in [3.8, 4) is 0 Å². The smallest absolute Gasteiger partial charge is 0.352 e. The molecule has 0 atom stereocenters. The van der Waals surface area contributed by atoms with Gasteiger partial charge in [0.2, 0.25) is 0 Å². The van der Waals surface area contributed by atoms with Crippen LogP contribution in [-0.4, -0.2) is 68.2 Å². The van der Waals surface area contributed by atoms with Crippen LogP contribution in [0.25, 0.3) is 0 Å². The van der Waals surface area contributed by atoms with Gasteiger partial charge in [0.1, 0.15) is 5.70 Å². The summed E-state index contributed by atoms with van der Waals surface area (Å²) >= 11 is 0. The van der Waals surface area contributed by atoms with Gasteiger partial charge in [0, 0.05) is 37.9 Å². The Bertz CT molecular complexity index is 763. The molecule has 8 heteroatoms. The standard InChI is InChI=1S/C27H46N4O4/c1-2-3-4-5-6-7-8-9-10-11-12-13-14-15-17-31-22-30(18-16-23-19-28-21-29-23)20-24(26(32)33)25(31)27(34)35/h19,21H,2-18,20,22H2,1H3,(H,28,29)(H,32,33)(H,34,35). The number of nitrogens with zero attached hydrogens (tertiary/aromatic N) is 3. The topological polar surface area (TPSA) is 110 Å². The van der Waals surface area contributed by atoms with E-state index in [1.54, 1.807) is 17.4 Å². The van der Waals surface area contributed by atoms with E-state index in [1.807, 2.05) is 4.90 Å². The van der Waals surface area contributed by atoms with E-state index in [0.29, 0.717) is 26.2 Å². The first-order chi connectivity index (χ1) is 17.0. The second-order valence-electron chi connectivity index (χ2n) is 9.82. The highest BCUT2D eigenvalue weighted by atomic mass is 16.4. The van der Waals surface area contributed by atoms with E-state index >= 15 is 0 Å². The minimum Gasteiger partial charge on any atom is -0.478 e. The molecule has 1 aromatic heterocycles. The highest BCUT2D eigenvalue weighted by molar-refractivity contribution is 5.99. The van der Waals surface area contributed by atoms with Crippen molar-refractivity contribution in [2.75, 3.05) is 26.3 Å². The number of hydrogen-bond donors (Lipinski definition) is 3. The number of carboxylic acid groups (broad SMARTS) is 2. The second-order valence-corrected chi connectivity index (χ2v) is 9.82. The Balaban J connectivity index is 1.66. The third kappa shape index (κ3) is 11.3. The monoisotopic (exact) mass is 490 g/mol. The maximum Gasteiger partial charge on any atom is 0.352 e. The fraction of sp³-hybridized carbons (Fsp3) is 0.741. The number of carboxylic acids is 2. The lowest BCUT2D eigenvalue weighted by Crippen LogP contribution is -2.48. The number of aromatic nitrogens is 2. The molecule has 0 aliphatic carbocycles. The third-order valence-electron chi connectivity index (χ3n) is 6.85. The molecular formula is C27H46N4O4. The summed E-state index contributed by atoms with van der Waals surface area (Å²) in [4.78, 5) is 34.5. The number of rotatable bonds is 20. The number of imidazole rings is 1. The van der Waals surface area contributed by atoms with Crippen LogP contribution < -0.4 is 0 Å². The quantitative estimate of drug-likeness (QED) is 0.209. The van der Waals surface area contributed by atoms with Crippen molar-refractivity contribution < 1.29 is 19.8 Å². The molecule has 0 aromatic carbocycles. The molecule has 0 saturated heterocycles. The average molecular weight is 491 g/mol. The molecule has 1 aliphatic heterocycles. The first kappa shape index (κ1) is 28.9. The van der Waals surface area contributed by atoms with Gasteiger partial charge in [-0.2, -0.15) is 0 Å². The molecule has 0 fully saturated rings. The van der Waals surface area contributed by atoms with Gasteiger partial charge in [-0.1, -0.05) is 90.4 Å². The van der Waals surface area contributed by atoms with Crippen molar-refractivity contribution in [2.24, 2.45) is 0 Å². The fourth-order valence-corrected chi connectivity index (χ4v) is 4.81. The van der Waals surface area contributed by atoms with Gasteiger partial charge < -0.3 is 20.1 Å². The molecule has 0 bridgehead atoms. The molecule has 8 nitrogen and oxygen atoms in total. The summed E-state index contributed by atoms with van der Waals surface area (Å²) in [6.07, 6.45) is 21.8. The minimum atomic E-state index is -1.15. The van der Waals surface area contributed by atoms with Gasteiger partial charge in [0.05, 0.1) is 18.6 Å². The van der Waals surface area contributed by atoms with Gasteiger partial charge in [-0.15, -0.1) is 0 Å². The van der Waals surface area contributed by atoms with Crippen LogP contribution >= 0.6 is 0 Å². The van der Waals surface area contributed by atoms with Crippen LogP contribution in [0.1, 0.15) is 103 Å². The third-order valence-corrected chi connectivity index (χ3v) is 6.85. The molecule has 0 saturated carbocycles. The van der Waals surface area contributed by atoms with Crippen molar-refractivity contribution in [1.82, 2.24) is 19.8 Å². The van der Waals surface area contributed by atoms with Crippen LogP contribution in [-0.2, 0) is 16.0 Å². The summed E-state index contributed by atoms with van der Waals surface area (Å²) in [5, 5.41) is 19.4. The summed E-state index contributed by atoms with van der Waals surface area (Å²) in [7, 11) is 0. The zero-order valence-electron chi connectivity index (χ0n) is 21.6. The number of hydrogen-bond acceptors (Lipinski definition) is 5. The normalized spacial score (nSPS) is 14.6. The largest absolute Gasteiger partial charge is 0.478 e. The molecule has 2 rings (SSSR count). The first-order valence-corrected chi connectivity index (χ1v) is 13.7. The predicted molar refractivity (Wildman–Crippen MR) is 138 cm³/mol.